The second-order valence-corrected chi connectivity index (χ2v) is 9.35. The molecule has 1 fully saturated rings. The number of sulfonamides is 1. The van der Waals surface area contributed by atoms with Crippen LogP contribution in [-0.4, -0.2) is 58.6 Å². The topological polar surface area (TPSA) is 116 Å². The van der Waals surface area contributed by atoms with Crippen LogP contribution in [0.3, 0.4) is 0 Å². The van der Waals surface area contributed by atoms with Crippen molar-refractivity contribution in [1.29, 1.82) is 0 Å². The number of nitrogens with zero attached hydrogens (tertiary/aromatic N) is 5. The summed E-state index contributed by atoms with van der Waals surface area (Å²) in [5, 5.41) is 4.26. The predicted molar refractivity (Wildman–Crippen MR) is 105 cm³/mol. The van der Waals surface area contributed by atoms with Gasteiger partial charge in [0, 0.05) is 25.1 Å². The molecular formula is C18H24N6O3S. The number of hydrogen-bond acceptors (Lipinski definition) is 7. The van der Waals surface area contributed by atoms with Crippen LogP contribution in [0.1, 0.15) is 31.9 Å². The molecule has 0 bridgehead atoms. The van der Waals surface area contributed by atoms with Crippen LogP contribution in [0.15, 0.2) is 35.7 Å². The molecule has 0 aromatic carbocycles. The van der Waals surface area contributed by atoms with Gasteiger partial charge in [-0.05, 0) is 25.3 Å². The highest BCUT2D eigenvalue weighted by Gasteiger charge is 2.39. The van der Waals surface area contributed by atoms with E-state index in [0.717, 1.165) is 18.5 Å². The summed E-state index contributed by atoms with van der Waals surface area (Å²) < 4.78 is 35.1. The van der Waals surface area contributed by atoms with Crippen LogP contribution in [0.5, 0.6) is 0 Å². The van der Waals surface area contributed by atoms with E-state index in [-0.39, 0.29) is 11.9 Å². The highest BCUT2D eigenvalue weighted by Crippen LogP contribution is 2.37. The Morgan fingerprint density at radius 2 is 2.21 bits per heavy atom. The lowest BCUT2D eigenvalue weighted by molar-refractivity contribution is 0.149. The maximum atomic E-state index is 13.3. The second kappa shape index (κ2) is 6.94. The molecule has 1 aliphatic carbocycles. The summed E-state index contributed by atoms with van der Waals surface area (Å²) in [5.74, 6) is 0.285. The fraction of sp³-hybridized carbons (Fsp3) is 0.500. The lowest BCUT2D eigenvalue weighted by Gasteiger charge is -2.30. The van der Waals surface area contributed by atoms with Crippen molar-refractivity contribution < 1.29 is 13.2 Å². The Kier molecular flexibility index (Phi) is 4.72. The van der Waals surface area contributed by atoms with Gasteiger partial charge in [0.1, 0.15) is 6.33 Å². The number of methoxy groups -OCH3 is 1. The first kappa shape index (κ1) is 19.0. The molecular weight excluding hydrogens is 380 g/mol. The van der Waals surface area contributed by atoms with Gasteiger partial charge in [-0.15, -0.1) is 0 Å². The third kappa shape index (κ3) is 3.01. The Labute approximate surface area is 164 Å². The van der Waals surface area contributed by atoms with E-state index in [9.17, 15) is 8.42 Å². The summed E-state index contributed by atoms with van der Waals surface area (Å²) in [5.41, 5.74) is 6.53. The minimum absolute atomic E-state index is 0.124. The van der Waals surface area contributed by atoms with E-state index in [4.69, 9.17) is 10.5 Å². The molecule has 2 atom stereocenters. The minimum Gasteiger partial charge on any atom is -0.383 e. The number of fused-ring (bicyclic) bond motifs is 1. The third-order valence-electron chi connectivity index (χ3n) is 5.49. The first-order valence-corrected chi connectivity index (χ1v) is 10.7. The summed E-state index contributed by atoms with van der Waals surface area (Å²) in [4.78, 5) is 8.58. The second-order valence-electron chi connectivity index (χ2n) is 7.46. The van der Waals surface area contributed by atoms with E-state index in [0.29, 0.717) is 30.1 Å². The number of hydrogen-bond donors (Lipinski definition) is 1. The smallest absolute Gasteiger partial charge is 0.243 e. The number of nitrogen functional groups attached to an aromatic ring is 1. The molecule has 0 amide bonds. The molecule has 2 N–H and O–H groups in total. The summed E-state index contributed by atoms with van der Waals surface area (Å²) >= 11 is 0. The van der Waals surface area contributed by atoms with Gasteiger partial charge < -0.3 is 10.5 Å². The van der Waals surface area contributed by atoms with E-state index in [2.05, 4.69) is 15.1 Å². The molecule has 10 heteroatoms. The standard InChI is InChI=1S/C18H24N6O3S/c1-18(15-10-20-17-16(19)21-12-22-24(15)17)7-3-6-14(9-18)28(25,26)23-8-4-5-13(23)11-27-2/h3,6,9-10,12-13H,4-5,7-8,11H2,1-2H3,(H2,19,21,22)/t13?,18-/m0/s1. The number of ether oxygens (including phenoxy) is 1. The third-order valence-corrected chi connectivity index (χ3v) is 7.44. The van der Waals surface area contributed by atoms with Crippen LogP contribution < -0.4 is 5.73 Å². The molecule has 2 aromatic rings. The normalized spacial score (nSPS) is 26.1. The van der Waals surface area contributed by atoms with Crippen molar-refractivity contribution in [3.63, 3.8) is 0 Å². The largest absolute Gasteiger partial charge is 0.383 e. The molecule has 2 aromatic heterocycles. The van der Waals surface area contributed by atoms with Crippen molar-refractivity contribution in [2.75, 3.05) is 26.0 Å². The lowest BCUT2D eigenvalue weighted by atomic mass is 9.81. The van der Waals surface area contributed by atoms with Gasteiger partial charge in [0.25, 0.3) is 0 Å². The monoisotopic (exact) mass is 404 g/mol. The first-order valence-electron chi connectivity index (χ1n) is 9.22. The van der Waals surface area contributed by atoms with E-state index in [1.807, 2.05) is 13.0 Å². The maximum absolute atomic E-state index is 13.3. The average molecular weight is 404 g/mol. The molecule has 0 radical (unpaired) electrons. The van der Waals surface area contributed by atoms with Gasteiger partial charge in [-0.2, -0.15) is 9.40 Å². The molecule has 1 unspecified atom stereocenters. The predicted octanol–water partition coefficient (Wildman–Crippen LogP) is 1.25. The Balaban J connectivity index is 1.75. The van der Waals surface area contributed by atoms with Crippen molar-refractivity contribution >= 4 is 21.5 Å². The number of nitrogens with two attached hydrogens (primary N) is 1. The van der Waals surface area contributed by atoms with Crippen molar-refractivity contribution in [1.82, 2.24) is 23.9 Å². The number of imidazole rings is 1. The molecule has 9 nitrogen and oxygen atoms in total. The van der Waals surface area contributed by atoms with Gasteiger partial charge >= 0.3 is 0 Å². The van der Waals surface area contributed by atoms with E-state index >= 15 is 0 Å². The van der Waals surface area contributed by atoms with Crippen LogP contribution >= 0.6 is 0 Å². The van der Waals surface area contributed by atoms with Crippen molar-refractivity contribution in [2.24, 2.45) is 0 Å². The van der Waals surface area contributed by atoms with Gasteiger partial charge in [0.2, 0.25) is 10.0 Å². The Hall–Kier alpha value is -2.30. The van der Waals surface area contributed by atoms with Gasteiger partial charge in [0.05, 0.1) is 23.4 Å². The summed E-state index contributed by atoms with van der Waals surface area (Å²) in [6.07, 6.45) is 10.7. The number of anilines is 1. The van der Waals surface area contributed by atoms with E-state index in [1.165, 1.54) is 6.33 Å². The average Bonchev–Trinajstić information content (AvgIpc) is 3.30. The quantitative estimate of drug-likeness (QED) is 0.797. The van der Waals surface area contributed by atoms with Crippen LogP contribution in [0, 0.1) is 0 Å². The highest BCUT2D eigenvalue weighted by molar-refractivity contribution is 7.93. The summed E-state index contributed by atoms with van der Waals surface area (Å²) in [6, 6.07) is -0.124. The molecule has 1 saturated heterocycles. The van der Waals surface area contributed by atoms with Crippen LogP contribution in [0.25, 0.3) is 5.65 Å². The van der Waals surface area contributed by atoms with E-state index < -0.39 is 15.4 Å². The fourth-order valence-corrected chi connectivity index (χ4v) is 5.90. The van der Waals surface area contributed by atoms with Gasteiger partial charge in [-0.3, -0.25) is 0 Å². The molecule has 4 rings (SSSR count). The van der Waals surface area contributed by atoms with Crippen molar-refractivity contribution in [3.05, 3.63) is 41.4 Å². The molecule has 0 saturated carbocycles. The molecule has 150 valence electrons. The van der Waals surface area contributed by atoms with Gasteiger partial charge in [-0.1, -0.05) is 19.1 Å². The first-order chi connectivity index (χ1) is 13.4. The molecule has 1 aliphatic heterocycles. The Morgan fingerprint density at radius 1 is 1.39 bits per heavy atom. The number of rotatable bonds is 5. The molecule has 28 heavy (non-hydrogen) atoms. The maximum Gasteiger partial charge on any atom is 0.243 e. The minimum atomic E-state index is -3.62. The number of allylic oxidation sites excluding steroid dienone is 3. The summed E-state index contributed by atoms with van der Waals surface area (Å²) in [7, 11) is -2.02. The summed E-state index contributed by atoms with van der Waals surface area (Å²) in [6.45, 7) is 2.89. The lowest BCUT2D eigenvalue weighted by Crippen LogP contribution is -2.39. The van der Waals surface area contributed by atoms with E-state index in [1.54, 1.807) is 34.3 Å². The zero-order valence-corrected chi connectivity index (χ0v) is 16.8. The zero-order chi connectivity index (χ0) is 19.9. The van der Waals surface area contributed by atoms with Gasteiger partial charge in [-0.25, -0.2) is 22.9 Å². The van der Waals surface area contributed by atoms with Gasteiger partial charge in [0.15, 0.2) is 11.5 Å². The zero-order valence-electron chi connectivity index (χ0n) is 15.9. The molecule has 2 aliphatic rings. The fourth-order valence-electron chi connectivity index (χ4n) is 4.02. The van der Waals surface area contributed by atoms with Crippen LogP contribution in [0.4, 0.5) is 5.82 Å². The Morgan fingerprint density at radius 3 is 3.00 bits per heavy atom. The van der Waals surface area contributed by atoms with Crippen LogP contribution in [-0.2, 0) is 20.2 Å². The SMILES string of the molecule is COCC1CCCN1S(=O)(=O)C1=C[C@@](C)(c2cnc3c(N)ncnn23)CC=C1. The number of aromatic nitrogens is 4. The molecule has 0 spiro atoms. The van der Waals surface area contributed by atoms with Crippen molar-refractivity contribution in [2.45, 2.75) is 37.6 Å². The Bertz CT molecular complexity index is 1060. The van der Waals surface area contributed by atoms with Crippen molar-refractivity contribution in [3.8, 4) is 0 Å². The van der Waals surface area contributed by atoms with Crippen LogP contribution in [0.2, 0.25) is 0 Å². The molecule has 3 heterocycles. The highest BCUT2D eigenvalue weighted by atomic mass is 32.2.